The smallest absolute Gasteiger partial charge is 0.421 e. The van der Waals surface area contributed by atoms with Crippen molar-refractivity contribution in [1.29, 1.82) is 0 Å². The Morgan fingerprint density at radius 1 is 1.10 bits per heavy atom. The Bertz CT molecular complexity index is 1370. The molecule has 3 aromatic rings. The average molecular weight is 538 g/mol. The van der Waals surface area contributed by atoms with Crippen LogP contribution in [-0.4, -0.2) is 29.3 Å². The molecule has 1 saturated carbocycles. The summed E-state index contributed by atoms with van der Waals surface area (Å²) in [5, 5.41) is 17.6. The van der Waals surface area contributed by atoms with Crippen molar-refractivity contribution < 1.29 is 23.1 Å². The molecule has 1 aliphatic carbocycles. The lowest BCUT2D eigenvalue weighted by atomic mass is 9.96. The number of nitrogens with zero attached hydrogens (tertiary/aromatic N) is 1. The molecule has 0 aromatic heterocycles. The van der Waals surface area contributed by atoms with E-state index in [1.54, 1.807) is 54.6 Å². The zero-order valence-corrected chi connectivity index (χ0v) is 21.1. The average Bonchev–Trinajstić information content (AvgIpc) is 3.63. The molecule has 2 unspecified atom stereocenters. The number of nitrogens with two attached hydrogens (primary N) is 1. The molecular weight excluding hydrogens is 507 g/mol. The van der Waals surface area contributed by atoms with Crippen LogP contribution in [0, 0.1) is 5.92 Å². The number of carbonyl (C=O) groups is 1. The van der Waals surface area contributed by atoms with Gasteiger partial charge in [0.15, 0.2) is 0 Å². The predicted molar refractivity (Wildman–Crippen MR) is 144 cm³/mol. The van der Waals surface area contributed by atoms with Crippen LogP contribution in [0.3, 0.4) is 0 Å². The van der Waals surface area contributed by atoms with Gasteiger partial charge in [0.25, 0.3) is 5.91 Å². The van der Waals surface area contributed by atoms with E-state index >= 15 is 0 Å². The van der Waals surface area contributed by atoms with Crippen LogP contribution in [0.15, 0.2) is 85.1 Å². The molecule has 1 aliphatic heterocycles. The number of carbonyl (C=O) groups excluding carboxylic acids is 1. The minimum atomic E-state index is -4.93. The van der Waals surface area contributed by atoms with Gasteiger partial charge in [0.1, 0.15) is 5.75 Å². The summed E-state index contributed by atoms with van der Waals surface area (Å²) in [6.07, 6.45) is -0.678. The first-order chi connectivity index (χ1) is 18.7. The Kier molecular flexibility index (Phi) is 7.35. The number of hydrazine groups is 1. The van der Waals surface area contributed by atoms with Crippen LogP contribution < -0.4 is 26.8 Å². The molecule has 2 atom stereocenters. The molecule has 0 spiro atoms. The van der Waals surface area contributed by atoms with Gasteiger partial charge in [-0.25, -0.2) is 5.43 Å². The van der Waals surface area contributed by atoms with E-state index in [2.05, 4.69) is 16.1 Å². The van der Waals surface area contributed by atoms with Gasteiger partial charge in [0.05, 0.1) is 11.7 Å². The van der Waals surface area contributed by atoms with Crippen molar-refractivity contribution in [3.63, 3.8) is 0 Å². The number of phenols is 1. The fraction of sp³-hybridized carbons (Fsp3) is 0.276. The third kappa shape index (κ3) is 5.63. The largest absolute Gasteiger partial charge is 0.508 e. The minimum Gasteiger partial charge on any atom is -0.508 e. The van der Waals surface area contributed by atoms with Gasteiger partial charge in [-0.15, -0.1) is 0 Å². The zero-order chi connectivity index (χ0) is 27.6. The lowest BCUT2D eigenvalue weighted by molar-refractivity contribution is -0.183. The summed E-state index contributed by atoms with van der Waals surface area (Å²) in [5.74, 6) is -0.608. The van der Waals surface area contributed by atoms with Crippen LogP contribution in [0.25, 0.3) is 0 Å². The van der Waals surface area contributed by atoms with Gasteiger partial charge >= 0.3 is 6.18 Å². The van der Waals surface area contributed by atoms with Crippen LogP contribution in [0.4, 0.5) is 24.5 Å². The first-order valence-corrected chi connectivity index (χ1v) is 12.7. The lowest BCUT2D eigenvalue weighted by Crippen LogP contribution is -2.63. The summed E-state index contributed by atoms with van der Waals surface area (Å²) in [7, 11) is 0. The molecule has 0 bridgehead atoms. The molecule has 1 amide bonds. The van der Waals surface area contributed by atoms with Crippen molar-refractivity contribution in [2.24, 2.45) is 11.7 Å². The van der Waals surface area contributed by atoms with Gasteiger partial charge in [-0.1, -0.05) is 42.5 Å². The Hall–Kier alpha value is -3.86. The van der Waals surface area contributed by atoms with E-state index in [1.807, 2.05) is 12.1 Å². The van der Waals surface area contributed by atoms with E-state index in [0.29, 0.717) is 22.7 Å². The number of alkyl halides is 3. The van der Waals surface area contributed by atoms with Gasteiger partial charge in [0.2, 0.25) is 5.54 Å². The van der Waals surface area contributed by atoms with Gasteiger partial charge < -0.3 is 21.5 Å². The second-order valence-electron chi connectivity index (χ2n) is 9.90. The molecule has 5 rings (SSSR count). The van der Waals surface area contributed by atoms with Gasteiger partial charge in [0, 0.05) is 24.0 Å². The maximum absolute atomic E-state index is 14.4. The summed E-state index contributed by atoms with van der Waals surface area (Å²) >= 11 is 0. The predicted octanol–water partition coefficient (Wildman–Crippen LogP) is 4.72. The third-order valence-corrected chi connectivity index (χ3v) is 7.03. The SMILES string of the molecule is NCc1cccc(N2C=CC(C(=O)Nc3cccc(C(NCC4CC4)c4ccccc4O)c3)(C(F)(F)F)N2)c1. The molecule has 0 saturated heterocycles. The van der Waals surface area contributed by atoms with Gasteiger partial charge in [-0.05, 0) is 72.8 Å². The topological polar surface area (TPSA) is 103 Å². The highest BCUT2D eigenvalue weighted by Gasteiger charge is 2.61. The molecule has 1 heterocycles. The monoisotopic (exact) mass is 537 g/mol. The molecule has 1 fully saturated rings. The van der Waals surface area contributed by atoms with E-state index in [9.17, 15) is 23.1 Å². The molecule has 39 heavy (non-hydrogen) atoms. The number of anilines is 2. The molecule has 6 N–H and O–H groups in total. The normalized spacial score (nSPS) is 19.7. The highest BCUT2D eigenvalue weighted by molar-refractivity contribution is 6.01. The van der Waals surface area contributed by atoms with Crippen molar-refractivity contribution >= 4 is 17.3 Å². The summed E-state index contributed by atoms with van der Waals surface area (Å²) in [6, 6.07) is 19.9. The fourth-order valence-electron chi connectivity index (χ4n) is 4.62. The number of aromatic hydroxyl groups is 1. The summed E-state index contributed by atoms with van der Waals surface area (Å²) in [6.45, 7) is 0.965. The molecule has 2 aliphatic rings. The summed E-state index contributed by atoms with van der Waals surface area (Å²) in [5.41, 5.74) is 7.73. The maximum atomic E-state index is 14.4. The summed E-state index contributed by atoms with van der Waals surface area (Å²) < 4.78 is 43.2. The van der Waals surface area contributed by atoms with E-state index in [-0.39, 0.29) is 18.0 Å². The number of halogens is 3. The molecular formula is C29H30F3N5O2. The Morgan fingerprint density at radius 3 is 2.59 bits per heavy atom. The number of amides is 1. The van der Waals surface area contributed by atoms with Crippen LogP contribution in [0.2, 0.25) is 0 Å². The Labute approximate surface area is 224 Å². The van der Waals surface area contributed by atoms with Crippen molar-refractivity contribution in [1.82, 2.24) is 10.7 Å². The minimum absolute atomic E-state index is 0.107. The van der Waals surface area contributed by atoms with Crippen molar-refractivity contribution in [3.8, 4) is 5.75 Å². The standard InChI is InChI=1S/C29H30F3N5O2/c30-29(31,32)28(13-14-37(36-28)23-8-3-5-20(15-23)17-33)27(39)35-22-7-4-6-21(16-22)26(34-18-19-11-12-19)24-9-1-2-10-25(24)38/h1-10,13-16,19,26,34,36,38H,11-12,17-18,33H2,(H,35,39). The van der Waals surface area contributed by atoms with Crippen LogP contribution >= 0.6 is 0 Å². The van der Waals surface area contributed by atoms with Crippen molar-refractivity contribution in [2.75, 3.05) is 16.9 Å². The number of phenolic OH excluding ortho intramolecular Hbond substituents is 1. The molecule has 204 valence electrons. The van der Waals surface area contributed by atoms with Gasteiger partial charge in [-0.2, -0.15) is 13.2 Å². The molecule has 10 heteroatoms. The van der Waals surface area contributed by atoms with Crippen molar-refractivity contribution in [2.45, 2.75) is 37.1 Å². The number of para-hydroxylation sites is 1. The first-order valence-electron chi connectivity index (χ1n) is 12.7. The quantitative estimate of drug-likeness (QED) is 0.271. The number of rotatable bonds is 9. The lowest BCUT2D eigenvalue weighted by Gasteiger charge is -2.32. The Morgan fingerprint density at radius 2 is 1.87 bits per heavy atom. The zero-order valence-electron chi connectivity index (χ0n) is 21.1. The van der Waals surface area contributed by atoms with Gasteiger partial charge in [-0.3, -0.25) is 9.80 Å². The van der Waals surface area contributed by atoms with E-state index in [0.717, 1.165) is 31.0 Å². The molecule has 3 aromatic carbocycles. The molecule has 7 nitrogen and oxygen atoms in total. The molecule has 0 radical (unpaired) electrons. The second-order valence-corrected chi connectivity index (χ2v) is 9.90. The Balaban J connectivity index is 1.40. The fourth-order valence-corrected chi connectivity index (χ4v) is 4.62. The van der Waals surface area contributed by atoms with E-state index in [1.165, 1.54) is 17.3 Å². The third-order valence-electron chi connectivity index (χ3n) is 7.03. The number of hydrogen-bond donors (Lipinski definition) is 5. The van der Waals surface area contributed by atoms with E-state index in [4.69, 9.17) is 5.73 Å². The number of hydrogen-bond acceptors (Lipinski definition) is 6. The van der Waals surface area contributed by atoms with Crippen molar-refractivity contribution in [3.05, 3.63) is 102 Å². The number of benzene rings is 3. The maximum Gasteiger partial charge on any atom is 0.421 e. The van der Waals surface area contributed by atoms with Crippen LogP contribution in [0.5, 0.6) is 5.75 Å². The summed E-state index contributed by atoms with van der Waals surface area (Å²) in [4.78, 5) is 13.3. The second kappa shape index (κ2) is 10.7. The highest BCUT2D eigenvalue weighted by Crippen LogP contribution is 2.38. The van der Waals surface area contributed by atoms with Crippen LogP contribution in [0.1, 0.15) is 35.6 Å². The van der Waals surface area contributed by atoms with Crippen LogP contribution in [-0.2, 0) is 11.3 Å². The first kappa shape index (κ1) is 26.7. The number of nitrogens with one attached hydrogen (secondary N) is 3. The highest BCUT2D eigenvalue weighted by atomic mass is 19.4. The van der Waals surface area contributed by atoms with E-state index < -0.39 is 23.7 Å².